The van der Waals surface area contributed by atoms with Crippen molar-refractivity contribution in [2.75, 3.05) is 26.7 Å². The standard InChI is InChI=1S/C15H17F3N2O3/c1-19-13(22)11-7-20(6-9(11)8-21)14(23)10-4-2-3-5-12(10)15(16,17)18/h2-5,9,11,21H,6-8H2,1H3,(H,19,22)/t9-,11+/m0/s1. The third kappa shape index (κ3) is 3.47. The minimum absolute atomic E-state index is 0.0179. The van der Waals surface area contributed by atoms with E-state index in [1.165, 1.54) is 24.1 Å². The Morgan fingerprint density at radius 3 is 2.52 bits per heavy atom. The molecule has 0 bridgehead atoms. The molecular formula is C15H17F3N2O3. The maximum absolute atomic E-state index is 13.0. The first-order chi connectivity index (χ1) is 10.8. The minimum Gasteiger partial charge on any atom is -0.396 e. The summed E-state index contributed by atoms with van der Waals surface area (Å²) >= 11 is 0. The maximum Gasteiger partial charge on any atom is 0.417 e. The van der Waals surface area contributed by atoms with Gasteiger partial charge < -0.3 is 15.3 Å². The molecular weight excluding hydrogens is 313 g/mol. The smallest absolute Gasteiger partial charge is 0.396 e. The molecule has 1 saturated heterocycles. The van der Waals surface area contributed by atoms with Gasteiger partial charge in [-0.15, -0.1) is 0 Å². The van der Waals surface area contributed by atoms with Gasteiger partial charge in [0.05, 0.1) is 17.0 Å². The molecule has 23 heavy (non-hydrogen) atoms. The number of nitrogens with one attached hydrogen (secondary N) is 1. The summed E-state index contributed by atoms with van der Waals surface area (Å²) < 4.78 is 39.1. The van der Waals surface area contributed by atoms with Crippen LogP contribution in [0.2, 0.25) is 0 Å². The molecule has 0 saturated carbocycles. The number of hydrogen-bond acceptors (Lipinski definition) is 3. The van der Waals surface area contributed by atoms with Crippen molar-refractivity contribution >= 4 is 11.8 Å². The molecule has 1 aliphatic rings. The number of nitrogens with zero attached hydrogens (tertiary/aromatic N) is 1. The van der Waals surface area contributed by atoms with Crippen molar-refractivity contribution < 1.29 is 27.9 Å². The van der Waals surface area contributed by atoms with Gasteiger partial charge in [0.2, 0.25) is 5.91 Å². The summed E-state index contributed by atoms with van der Waals surface area (Å²) in [6, 6.07) is 4.54. The second-order valence-electron chi connectivity index (χ2n) is 5.42. The van der Waals surface area contributed by atoms with Crippen molar-refractivity contribution in [1.82, 2.24) is 10.2 Å². The Morgan fingerprint density at radius 2 is 1.96 bits per heavy atom. The molecule has 1 fully saturated rings. The average molecular weight is 330 g/mol. The lowest BCUT2D eigenvalue weighted by Gasteiger charge is -2.19. The SMILES string of the molecule is CNC(=O)[C@@H]1CN(C(=O)c2ccccc2C(F)(F)F)C[C@H]1CO. The fourth-order valence-corrected chi connectivity index (χ4v) is 2.79. The van der Waals surface area contributed by atoms with Gasteiger partial charge in [0.15, 0.2) is 0 Å². The van der Waals surface area contributed by atoms with Crippen molar-refractivity contribution in [1.29, 1.82) is 0 Å². The molecule has 2 atom stereocenters. The fourth-order valence-electron chi connectivity index (χ4n) is 2.79. The average Bonchev–Trinajstić information content (AvgIpc) is 2.97. The zero-order chi connectivity index (χ0) is 17.2. The van der Waals surface area contributed by atoms with Crippen LogP contribution in [0, 0.1) is 11.8 Å². The van der Waals surface area contributed by atoms with Crippen LogP contribution < -0.4 is 5.32 Å². The van der Waals surface area contributed by atoms with E-state index in [2.05, 4.69) is 5.32 Å². The highest BCUT2D eigenvalue weighted by molar-refractivity contribution is 5.96. The van der Waals surface area contributed by atoms with Crippen LogP contribution in [0.3, 0.4) is 0 Å². The summed E-state index contributed by atoms with van der Waals surface area (Å²) in [5.41, 5.74) is -1.46. The molecule has 0 aliphatic carbocycles. The van der Waals surface area contributed by atoms with E-state index < -0.39 is 35.0 Å². The normalized spacial score (nSPS) is 21.3. The number of alkyl halides is 3. The predicted molar refractivity (Wildman–Crippen MR) is 75.5 cm³/mol. The third-order valence-corrected chi connectivity index (χ3v) is 4.01. The molecule has 1 aromatic carbocycles. The molecule has 2 N–H and O–H groups in total. The molecule has 126 valence electrons. The highest BCUT2D eigenvalue weighted by Gasteiger charge is 2.41. The first kappa shape index (κ1) is 17.3. The molecule has 5 nitrogen and oxygen atoms in total. The van der Waals surface area contributed by atoms with Crippen LogP contribution in [0.5, 0.6) is 0 Å². The number of hydrogen-bond donors (Lipinski definition) is 2. The largest absolute Gasteiger partial charge is 0.417 e. The predicted octanol–water partition coefficient (Wildman–Crippen LogP) is 1.13. The van der Waals surface area contributed by atoms with Crippen molar-refractivity contribution in [2.45, 2.75) is 6.18 Å². The monoisotopic (exact) mass is 330 g/mol. The Hall–Kier alpha value is -2.09. The molecule has 2 rings (SSSR count). The maximum atomic E-state index is 13.0. The molecule has 0 unspecified atom stereocenters. The number of benzene rings is 1. The number of aliphatic hydroxyl groups excluding tert-OH is 1. The van der Waals surface area contributed by atoms with E-state index in [4.69, 9.17) is 0 Å². The second kappa shape index (κ2) is 6.57. The Balaban J connectivity index is 2.27. The van der Waals surface area contributed by atoms with Gasteiger partial charge in [-0.05, 0) is 12.1 Å². The lowest BCUT2D eigenvalue weighted by molar-refractivity contribution is -0.138. The highest BCUT2D eigenvalue weighted by Crippen LogP contribution is 2.33. The zero-order valence-electron chi connectivity index (χ0n) is 12.4. The van der Waals surface area contributed by atoms with Crippen molar-refractivity contribution in [3.63, 3.8) is 0 Å². The third-order valence-electron chi connectivity index (χ3n) is 4.01. The van der Waals surface area contributed by atoms with Crippen molar-refractivity contribution in [3.8, 4) is 0 Å². The van der Waals surface area contributed by atoms with E-state index >= 15 is 0 Å². The van der Waals surface area contributed by atoms with Crippen LogP contribution in [0.4, 0.5) is 13.2 Å². The van der Waals surface area contributed by atoms with E-state index in [0.29, 0.717) is 0 Å². The Morgan fingerprint density at radius 1 is 1.30 bits per heavy atom. The van der Waals surface area contributed by atoms with Gasteiger partial charge in [0.1, 0.15) is 0 Å². The Kier molecular flexibility index (Phi) is 4.93. The molecule has 2 amide bonds. The van der Waals surface area contributed by atoms with Gasteiger partial charge in [-0.25, -0.2) is 0 Å². The number of carbonyl (C=O) groups excluding carboxylic acids is 2. The van der Waals surface area contributed by atoms with Gasteiger partial charge in [-0.1, -0.05) is 12.1 Å². The van der Waals surface area contributed by atoms with Gasteiger partial charge in [-0.2, -0.15) is 13.2 Å². The Labute approximate surface area is 131 Å². The number of likely N-dealkylation sites (tertiary alicyclic amines) is 1. The molecule has 8 heteroatoms. The summed E-state index contributed by atoms with van der Waals surface area (Å²) in [6.07, 6.45) is -4.64. The van der Waals surface area contributed by atoms with Crippen LogP contribution in [0.15, 0.2) is 24.3 Å². The van der Waals surface area contributed by atoms with E-state index in [1.807, 2.05) is 0 Å². The van der Waals surface area contributed by atoms with E-state index in [9.17, 15) is 27.9 Å². The van der Waals surface area contributed by atoms with Gasteiger partial charge in [0.25, 0.3) is 5.91 Å². The minimum atomic E-state index is -4.64. The topological polar surface area (TPSA) is 69.6 Å². The summed E-state index contributed by atoms with van der Waals surface area (Å²) in [6.45, 7) is -0.293. The highest BCUT2D eigenvalue weighted by atomic mass is 19.4. The summed E-state index contributed by atoms with van der Waals surface area (Å²) in [7, 11) is 1.43. The molecule has 1 heterocycles. The quantitative estimate of drug-likeness (QED) is 0.873. The van der Waals surface area contributed by atoms with Gasteiger partial charge in [0, 0.05) is 32.7 Å². The number of carbonyl (C=O) groups is 2. The van der Waals surface area contributed by atoms with E-state index in [0.717, 1.165) is 12.1 Å². The van der Waals surface area contributed by atoms with Crippen LogP contribution in [-0.4, -0.2) is 48.6 Å². The summed E-state index contributed by atoms with van der Waals surface area (Å²) in [5, 5.41) is 11.8. The van der Waals surface area contributed by atoms with Crippen LogP contribution in [-0.2, 0) is 11.0 Å². The van der Waals surface area contributed by atoms with Gasteiger partial charge in [-0.3, -0.25) is 9.59 Å². The number of aliphatic hydroxyl groups is 1. The van der Waals surface area contributed by atoms with E-state index in [-0.39, 0.29) is 25.6 Å². The zero-order valence-corrected chi connectivity index (χ0v) is 12.4. The molecule has 0 radical (unpaired) electrons. The lowest BCUT2D eigenvalue weighted by Crippen LogP contribution is -2.34. The molecule has 1 aromatic rings. The number of rotatable bonds is 3. The van der Waals surface area contributed by atoms with Crippen LogP contribution >= 0.6 is 0 Å². The fraction of sp³-hybridized carbons (Fsp3) is 0.467. The van der Waals surface area contributed by atoms with Gasteiger partial charge >= 0.3 is 6.18 Å². The first-order valence-corrected chi connectivity index (χ1v) is 7.07. The van der Waals surface area contributed by atoms with Crippen LogP contribution in [0.25, 0.3) is 0 Å². The van der Waals surface area contributed by atoms with E-state index in [1.54, 1.807) is 0 Å². The number of amides is 2. The molecule has 1 aliphatic heterocycles. The molecule has 0 spiro atoms. The Bertz CT molecular complexity index is 604. The number of halogens is 3. The first-order valence-electron chi connectivity index (χ1n) is 7.07. The lowest BCUT2D eigenvalue weighted by atomic mass is 9.96. The second-order valence-corrected chi connectivity index (χ2v) is 5.42. The summed E-state index contributed by atoms with van der Waals surface area (Å²) in [5.74, 6) is -2.25. The van der Waals surface area contributed by atoms with Crippen molar-refractivity contribution in [2.24, 2.45) is 11.8 Å². The molecule has 0 aromatic heterocycles. The van der Waals surface area contributed by atoms with Crippen molar-refractivity contribution in [3.05, 3.63) is 35.4 Å². The van der Waals surface area contributed by atoms with Crippen LogP contribution in [0.1, 0.15) is 15.9 Å². The summed E-state index contributed by atoms with van der Waals surface area (Å²) in [4.78, 5) is 25.4.